The zero-order valence-corrected chi connectivity index (χ0v) is 13.5. The molecule has 1 amide bonds. The largest absolute Gasteiger partial charge is 0.471 e. The topological polar surface area (TPSA) is 59.2 Å². The lowest BCUT2D eigenvalue weighted by molar-refractivity contribution is -0.159. The Kier molecular flexibility index (Phi) is 5.80. The van der Waals surface area contributed by atoms with Gasteiger partial charge in [-0.25, -0.2) is 0 Å². The molecule has 0 radical (unpaired) electrons. The van der Waals surface area contributed by atoms with Crippen molar-refractivity contribution in [2.75, 3.05) is 6.54 Å². The summed E-state index contributed by atoms with van der Waals surface area (Å²) in [6.07, 6.45) is 1.74. The van der Waals surface area contributed by atoms with E-state index in [1.165, 1.54) is 0 Å². The summed E-state index contributed by atoms with van der Waals surface area (Å²) in [5, 5.41) is 3.33. The Morgan fingerprint density at radius 3 is 2.52 bits per heavy atom. The number of carbonyl (C=O) groups is 1. The average Bonchev–Trinajstić information content (AvgIpc) is 3.05. The maximum Gasteiger partial charge on any atom is 0.471 e. The molecule has 1 aromatic carbocycles. The van der Waals surface area contributed by atoms with Crippen LogP contribution in [0.2, 0.25) is 0 Å². The lowest BCUT2D eigenvalue weighted by Crippen LogP contribution is -2.30. The van der Waals surface area contributed by atoms with Gasteiger partial charge in [-0.15, -0.1) is 6.42 Å². The van der Waals surface area contributed by atoms with Crippen molar-refractivity contribution in [3.63, 3.8) is 0 Å². The minimum atomic E-state index is -4.68. The third kappa shape index (κ3) is 4.83. The minimum absolute atomic E-state index is 0.0440. The summed E-state index contributed by atoms with van der Waals surface area (Å²) in [6.45, 7) is 2.42. The molecule has 0 unspecified atom stereocenters. The van der Waals surface area contributed by atoms with E-state index in [0.717, 1.165) is 12.0 Å². The van der Waals surface area contributed by atoms with Crippen molar-refractivity contribution in [3.05, 3.63) is 35.7 Å². The Hall–Kier alpha value is -2.82. The summed E-state index contributed by atoms with van der Waals surface area (Å²) in [4.78, 5) is 16.9. The van der Waals surface area contributed by atoms with Crippen LogP contribution in [0, 0.1) is 12.3 Å². The first-order valence-corrected chi connectivity index (χ1v) is 7.56. The molecule has 0 aliphatic carbocycles. The number of nitrogens with zero attached hydrogens (tertiary/aromatic N) is 3. The monoisotopic (exact) mass is 351 g/mol. The number of aromatic nitrogens is 2. The summed E-state index contributed by atoms with van der Waals surface area (Å²) < 4.78 is 41.7. The van der Waals surface area contributed by atoms with E-state index in [2.05, 4.69) is 20.6 Å². The first-order chi connectivity index (χ1) is 11.8. The number of benzene rings is 1. The van der Waals surface area contributed by atoms with Crippen molar-refractivity contribution >= 4 is 5.91 Å². The highest BCUT2D eigenvalue weighted by atomic mass is 19.4. The van der Waals surface area contributed by atoms with Crippen LogP contribution in [0.15, 0.2) is 28.8 Å². The zero-order valence-electron chi connectivity index (χ0n) is 13.5. The molecule has 0 atom stereocenters. The summed E-state index contributed by atoms with van der Waals surface area (Å²) in [5.74, 6) is 0.860. The van der Waals surface area contributed by atoms with Crippen LogP contribution in [0.25, 0.3) is 11.4 Å². The van der Waals surface area contributed by atoms with E-state index < -0.39 is 12.1 Å². The van der Waals surface area contributed by atoms with E-state index in [-0.39, 0.29) is 18.3 Å². The molecule has 0 fully saturated rings. The van der Waals surface area contributed by atoms with Gasteiger partial charge < -0.3 is 9.42 Å². The van der Waals surface area contributed by atoms with E-state index in [0.29, 0.717) is 18.5 Å². The molecule has 132 valence electrons. The highest BCUT2D eigenvalue weighted by Crippen LogP contribution is 2.29. The molecule has 0 saturated carbocycles. The maximum absolute atomic E-state index is 12.5. The standard InChI is InChI=1S/C17H16F3N3O2/c1-3-5-14(24)23(10-4-2)11-12-6-8-13(9-7-12)15-21-16(25-22-15)17(18,19)20/h2,6-9H,3,5,10-11H2,1H3. The fraction of sp³-hybridized carbons (Fsp3) is 0.353. The van der Waals surface area contributed by atoms with Gasteiger partial charge in [0, 0.05) is 18.5 Å². The number of amides is 1. The van der Waals surface area contributed by atoms with E-state index in [1.807, 2.05) is 6.92 Å². The van der Waals surface area contributed by atoms with E-state index in [1.54, 1.807) is 29.2 Å². The number of carbonyl (C=O) groups excluding carboxylic acids is 1. The molecule has 2 rings (SSSR count). The smallest absolute Gasteiger partial charge is 0.329 e. The molecule has 0 bridgehead atoms. The van der Waals surface area contributed by atoms with Gasteiger partial charge >= 0.3 is 12.1 Å². The number of rotatable bonds is 6. The van der Waals surface area contributed by atoms with Gasteiger partial charge in [0.05, 0.1) is 6.54 Å². The summed E-state index contributed by atoms with van der Waals surface area (Å²) in [7, 11) is 0. The summed E-state index contributed by atoms with van der Waals surface area (Å²) in [5.41, 5.74) is 1.18. The van der Waals surface area contributed by atoms with Gasteiger partial charge in [0.25, 0.3) is 0 Å². The van der Waals surface area contributed by atoms with E-state index in [9.17, 15) is 18.0 Å². The zero-order chi connectivity index (χ0) is 18.4. The Morgan fingerprint density at radius 2 is 2.00 bits per heavy atom. The Labute approximate surface area is 142 Å². The van der Waals surface area contributed by atoms with Crippen LogP contribution in [0.3, 0.4) is 0 Å². The molecule has 0 spiro atoms. The van der Waals surface area contributed by atoms with Gasteiger partial charge in [-0.1, -0.05) is 42.3 Å². The lowest BCUT2D eigenvalue weighted by atomic mass is 10.1. The molecule has 0 N–H and O–H groups in total. The molecule has 1 aromatic heterocycles. The number of hydrogen-bond acceptors (Lipinski definition) is 4. The van der Waals surface area contributed by atoms with Gasteiger partial charge in [-0.2, -0.15) is 18.2 Å². The van der Waals surface area contributed by atoms with E-state index >= 15 is 0 Å². The average molecular weight is 351 g/mol. The second-order valence-electron chi connectivity index (χ2n) is 5.32. The third-order valence-corrected chi connectivity index (χ3v) is 3.35. The van der Waals surface area contributed by atoms with Crippen LogP contribution in [-0.2, 0) is 17.5 Å². The number of alkyl halides is 3. The van der Waals surface area contributed by atoms with Crippen LogP contribution in [-0.4, -0.2) is 27.5 Å². The molecule has 0 aliphatic rings. The van der Waals surface area contributed by atoms with Crippen LogP contribution >= 0.6 is 0 Å². The van der Waals surface area contributed by atoms with Crippen molar-refractivity contribution in [2.24, 2.45) is 0 Å². The summed E-state index contributed by atoms with van der Waals surface area (Å²) >= 11 is 0. The van der Waals surface area contributed by atoms with Crippen molar-refractivity contribution in [3.8, 4) is 23.7 Å². The SMILES string of the molecule is C#CCN(Cc1ccc(-c2noc(C(F)(F)F)n2)cc1)C(=O)CCC. The van der Waals surface area contributed by atoms with Crippen molar-refractivity contribution in [2.45, 2.75) is 32.5 Å². The van der Waals surface area contributed by atoms with Gasteiger partial charge in [-0.05, 0) is 12.0 Å². The molecule has 1 heterocycles. The van der Waals surface area contributed by atoms with Gasteiger partial charge in [-0.3, -0.25) is 4.79 Å². The van der Waals surface area contributed by atoms with Crippen LogP contribution in [0.5, 0.6) is 0 Å². The van der Waals surface area contributed by atoms with Gasteiger partial charge in [0.2, 0.25) is 11.7 Å². The lowest BCUT2D eigenvalue weighted by Gasteiger charge is -2.20. The quantitative estimate of drug-likeness (QED) is 0.747. The number of halogens is 3. The Balaban J connectivity index is 2.12. The van der Waals surface area contributed by atoms with Gasteiger partial charge in [0.15, 0.2) is 0 Å². The molecule has 0 saturated heterocycles. The number of hydrogen-bond donors (Lipinski definition) is 0. The van der Waals surface area contributed by atoms with Crippen molar-refractivity contribution in [1.29, 1.82) is 0 Å². The molecular formula is C17H16F3N3O2. The van der Waals surface area contributed by atoms with Crippen molar-refractivity contribution in [1.82, 2.24) is 15.0 Å². The molecule has 0 aliphatic heterocycles. The third-order valence-electron chi connectivity index (χ3n) is 3.35. The Morgan fingerprint density at radius 1 is 1.32 bits per heavy atom. The fourth-order valence-electron chi connectivity index (χ4n) is 2.15. The predicted molar refractivity (Wildman–Crippen MR) is 83.9 cm³/mol. The Bertz CT molecular complexity index is 761. The first-order valence-electron chi connectivity index (χ1n) is 7.56. The highest BCUT2D eigenvalue weighted by molar-refractivity contribution is 5.76. The normalized spacial score (nSPS) is 11.2. The van der Waals surface area contributed by atoms with E-state index in [4.69, 9.17) is 6.42 Å². The second-order valence-corrected chi connectivity index (χ2v) is 5.32. The van der Waals surface area contributed by atoms with Crippen LogP contribution in [0.4, 0.5) is 13.2 Å². The molecule has 25 heavy (non-hydrogen) atoms. The van der Waals surface area contributed by atoms with Crippen LogP contribution < -0.4 is 0 Å². The fourth-order valence-corrected chi connectivity index (χ4v) is 2.15. The molecule has 5 nitrogen and oxygen atoms in total. The first kappa shape index (κ1) is 18.5. The second kappa shape index (κ2) is 7.83. The highest BCUT2D eigenvalue weighted by Gasteiger charge is 2.38. The summed E-state index contributed by atoms with van der Waals surface area (Å²) in [6, 6.07) is 6.50. The molecular weight excluding hydrogens is 335 g/mol. The maximum atomic E-state index is 12.5. The van der Waals surface area contributed by atoms with Crippen LogP contribution in [0.1, 0.15) is 31.2 Å². The number of terminal acetylenes is 1. The van der Waals surface area contributed by atoms with Gasteiger partial charge in [0.1, 0.15) is 0 Å². The molecule has 2 aromatic rings. The predicted octanol–water partition coefficient (Wildman–Crippen LogP) is 3.52. The van der Waals surface area contributed by atoms with Crippen molar-refractivity contribution < 1.29 is 22.5 Å². The minimum Gasteiger partial charge on any atom is -0.329 e. The molecule has 8 heteroatoms.